The van der Waals surface area contributed by atoms with Crippen molar-refractivity contribution in [1.82, 2.24) is 0 Å². The van der Waals surface area contributed by atoms with Crippen LogP contribution >= 0.6 is 0 Å². The van der Waals surface area contributed by atoms with Gasteiger partial charge in [0.15, 0.2) is 0 Å². The van der Waals surface area contributed by atoms with Gasteiger partial charge in [-0.05, 0) is 24.5 Å². The fourth-order valence-electron chi connectivity index (χ4n) is 2.30. The van der Waals surface area contributed by atoms with E-state index in [2.05, 4.69) is 6.92 Å². The summed E-state index contributed by atoms with van der Waals surface area (Å²) < 4.78 is 10.7. The van der Waals surface area contributed by atoms with Gasteiger partial charge in [0.05, 0.1) is 14.2 Å². The Bertz CT molecular complexity index is 376. The molecular weight excluding hydrogens is 190 g/mol. The molecule has 15 heavy (non-hydrogen) atoms. The molecule has 1 aliphatic rings. The standard InChI is InChI=1S/C12H17NO2/c1-7-6-8-9(14-2)4-5-10(15-3)11(8)12(7)13/h4-5,7,12H,6,13H2,1-3H3. The number of hydrogen-bond donors (Lipinski definition) is 1. The van der Waals surface area contributed by atoms with Crippen LogP contribution in [0.15, 0.2) is 12.1 Å². The van der Waals surface area contributed by atoms with E-state index < -0.39 is 0 Å². The minimum atomic E-state index is 0.0602. The topological polar surface area (TPSA) is 44.5 Å². The van der Waals surface area contributed by atoms with Gasteiger partial charge in [-0.25, -0.2) is 0 Å². The summed E-state index contributed by atoms with van der Waals surface area (Å²) in [4.78, 5) is 0. The Morgan fingerprint density at radius 1 is 1.20 bits per heavy atom. The van der Waals surface area contributed by atoms with Crippen LogP contribution in [0, 0.1) is 5.92 Å². The molecular formula is C12H17NO2. The molecule has 1 aliphatic carbocycles. The van der Waals surface area contributed by atoms with Gasteiger partial charge in [-0.15, -0.1) is 0 Å². The van der Waals surface area contributed by atoms with E-state index in [0.717, 1.165) is 23.5 Å². The van der Waals surface area contributed by atoms with Gasteiger partial charge in [-0.3, -0.25) is 0 Å². The van der Waals surface area contributed by atoms with Gasteiger partial charge in [-0.1, -0.05) is 6.92 Å². The summed E-state index contributed by atoms with van der Waals surface area (Å²) in [5.41, 5.74) is 8.47. The maximum atomic E-state index is 6.15. The molecule has 0 amide bonds. The number of ether oxygens (including phenoxy) is 2. The van der Waals surface area contributed by atoms with E-state index in [9.17, 15) is 0 Å². The van der Waals surface area contributed by atoms with Crippen molar-refractivity contribution in [2.45, 2.75) is 19.4 Å². The van der Waals surface area contributed by atoms with E-state index in [1.54, 1.807) is 14.2 Å². The maximum absolute atomic E-state index is 6.15. The maximum Gasteiger partial charge on any atom is 0.124 e. The van der Waals surface area contributed by atoms with Crippen molar-refractivity contribution in [3.8, 4) is 11.5 Å². The Kier molecular flexibility index (Phi) is 2.57. The van der Waals surface area contributed by atoms with Crippen LogP contribution in [0.4, 0.5) is 0 Å². The monoisotopic (exact) mass is 207 g/mol. The molecule has 0 aromatic heterocycles. The van der Waals surface area contributed by atoms with Crippen LogP contribution < -0.4 is 15.2 Å². The van der Waals surface area contributed by atoms with E-state index in [0.29, 0.717) is 5.92 Å². The number of hydrogen-bond acceptors (Lipinski definition) is 3. The van der Waals surface area contributed by atoms with E-state index >= 15 is 0 Å². The number of rotatable bonds is 2. The van der Waals surface area contributed by atoms with Crippen molar-refractivity contribution in [3.05, 3.63) is 23.3 Å². The summed E-state index contributed by atoms with van der Waals surface area (Å²) in [7, 11) is 3.37. The molecule has 0 aliphatic heterocycles. The molecule has 3 nitrogen and oxygen atoms in total. The normalized spacial score (nSPS) is 23.7. The first-order valence-electron chi connectivity index (χ1n) is 5.18. The number of methoxy groups -OCH3 is 2. The summed E-state index contributed by atoms with van der Waals surface area (Å²) in [6, 6.07) is 3.93. The highest BCUT2D eigenvalue weighted by Crippen LogP contribution is 2.44. The molecule has 0 bridgehead atoms. The van der Waals surface area contributed by atoms with Gasteiger partial charge >= 0.3 is 0 Å². The van der Waals surface area contributed by atoms with Crippen LogP contribution in [0.1, 0.15) is 24.1 Å². The molecule has 2 unspecified atom stereocenters. The minimum absolute atomic E-state index is 0.0602. The van der Waals surface area contributed by atoms with Crippen LogP contribution in [0.5, 0.6) is 11.5 Å². The lowest BCUT2D eigenvalue weighted by Crippen LogP contribution is -2.14. The van der Waals surface area contributed by atoms with Crippen LogP contribution in [0.2, 0.25) is 0 Å². The van der Waals surface area contributed by atoms with E-state index in [4.69, 9.17) is 15.2 Å². The highest BCUT2D eigenvalue weighted by atomic mass is 16.5. The zero-order chi connectivity index (χ0) is 11.0. The summed E-state index contributed by atoms with van der Waals surface area (Å²) in [5, 5.41) is 0. The van der Waals surface area contributed by atoms with E-state index in [-0.39, 0.29) is 6.04 Å². The largest absolute Gasteiger partial charge is 0.496 e. The molecule has 2 N–H and O–H groups in total. The van der Waals surface area contributed by atoms with Crippen LogP contribution in [-0.4, -0.2) is 14.2 Å². The van der Waals surface area contributed by atoms with Crippen molar-refractivity contribution in [3.63, 3.8) is 0 Å². The smallest absolute Gasteiger partial charge is 0.124 e. The first-order chi connectivity index (χ1) is 7.19. The van der Waals surface area contributed by atoms with Crippen LogP contribution in [0.25, 0.3) is 0 Å². The average molecular weight is 207 g/mol. The highest BCUT2D eigenvalue weighted by Gasteiger charge is 2.31. The molecule has 0 fully saturated rings. The van der Waals surface area contributed by atoms with E-state index in [1.807, 2.05) is 12.1 Å². The van der Waals surface area contributed by atoms with Gasteiger partial charge in [0.25, 0.3) is 0 Å². The first-order valence-corrected chi connectivity index (χ1v) is 5.18. The van der Waals surface area contributed by atoms with E-state index in [1.165, 1.54) is 5.56 Å². The van der Waals surface area contributed by atoms with Gasteiger partial charge in [0.1, 0.15) is 11.5 Å². The number of benzene rings is 1. The second-order valence-electron chi connectivity index (χ2n) is 4.07. The summed E-state index contributed by atoms with van der Waals surface area (Å²) in [6.45, 7) is 2.16. The third kappa shape index (κ3) is 1.47. The lowest BCUT2D eigenvalue weighted by molar-refractivity contribution is 0.395. The molecule has 3 heteroatoms. The van der Waals surface area contributed by atoms with Crippen molar-refractivity contribution >= 4 is 0 Å². The lowest BCUT2D eigenvalue weighted by atomic mass is 10.0. The Balaban J connectivity index is 2.57. The van der Waals surface area contributed by atoms with Crippen LogP contribution in [0.3, 0.4) is 0 Å². The predicted molar refractivity (Wildman–Crippen MR) is 59.3 cm³/mol. The second-order valence-corrected chi connectivity index (χ2v) is 4.07. The van der Waals surface area contributed by atoms with Crippen molar-refractivity contribution in [2.24, 2.45) is 11.7 Å². The molecule has 1 aromatic carbocycles. The SMILES string of the molecule is COc1ccc(OC)c2c1CC(C)C2N. The van der Waals surface area contributed by atoms with Crippen molar-refractivity contribution in [2.75, 3.05) is 14.2 Å². The Morgan fingerprint density at radius 3 is 2.40 bits per heavy atom. The van der Waals surface area contributed by atoms with Crippen LogP contribution in [-0.2, 0) is 6.42 Å². The average Bonchev–Trinajstić information content (AvgIpc) is 2.55. The molecule has 2 atom stereocenters. The first kappa shape index (κ1) is 10.3. The molecule has 0 radical (unpaired) electrons. The van der Waals surface area contributed by atoms with Gasteiger partial charge in [-0.2, -0.15) is 0 Å². The van der Waals surface area contributed by atoms with Gasteiger partial charge in [0, 0.05) is 17.2 Å². The highest BCUT2D eigenvalue weighted by molar-refractivity contribution is 5.53. The summed E-state index contributed by atoms with van der Waals surface area (Å²) in [6.07, 6.45) is 0.969. The fourth-order valence-corrected chi connectivity index (χ4v) is 2.30. The predicted octanol–water partition coefficient (Wildman–Crippen LogP) is 1.90. The lowest BCUT2D eigenvalue weighted by Gasteiger charge is -2.14. The third-order valence-electron chi connectivity index (χ3n) is 3.19. The Morgan fingerprint density at radius 2 is 1.80 bits per heavy atom. The zero-order valence-corrected chi connectivity index (χ0v) is 9.41. The molecule has 2 rings (SSSR count). The van der Waals surface area contributed by atoms with Gasteiger partial charge in [0.2, 0.25) is 0 Å². The Hall–Kier alpha value is -1.22. The third-order valence-corrected chi connectivity index (χ3v) is 3.19. The summed E-state index contributed by atoms with van der Waals surface area (Å²) in [5.74, 6) is 2.25. The quantitative estimate of drug-likeness (QED) is 0.805. The van der Waals surface area contributed by atoms with Crippen molar-refractivity contribution < 1.29 is 9.47 Å². The molecule has 0 spiro atoms. The molecule has 82 valence electrons. The van der Waals surface area contributed by atoms with Crippen molar-refractivity contribution in [1.29, 1.82) is 0 Å². The number of fused-ring (bicyclic) bond motifs is 1. The second kappa shape index (κ2) is 3.74. The zero-order valence-electron chi connectivity index (χ0n) is 9.41. The Labute approximate surface area is 90.2 Å². The molecule has 1 aromatic rings. The fraction of sp³-hybridized carbons (Fsp3) is 0.500. The summed E-state index contributed by atoms with van der Waals surface area (Å²) >= 11 is 0. The molecule has 0 heterocycles. The molecule has 0 saturated carbocycles. The van der Waals surface area contributed by atoms with Gasteiger partial charge < -0.3 is 15.2 Å². The number of nitrogens with two attached hydrogens (primary N) is 1. The molecule has 0 saturated heterocycles. The minimum Gasteiger partial charge on any atom is -0.496 e.